The fourth-order valence-electron chi connectivity index (χ4n) is 4.96. The predicted octanol–water partition coefficient (Wildman–Crippen LogP) is -3.70. The van der Waals surface area contributed by atoms with E-state index in [1.165, 1.54) is 0 Å². The van der Waals surface area contributed by atoms with Crippen LogP contribution in [0.2, 0.25) is 0 Å². The highest BCUT2D eigenvalue weighted by Gasteiger charge is 2.46. The van der Waals surface area contributed by atoms with Crippen molar-refractivity contribution in [3.63, 3.8) is 0 Å². The van der Waals surface area contributed by atoms with E-state index in [1.807, 2.05) is 0 Å². The summed E-state index contributed by atoms with van der Waals surface area (Å²) in [7, 11) is 2.12. The van der Waals surface area contributed by atoms with E-state index in [0.717, 1.165) is 32.7 Å². The summed E-state index contributed by atoms with van der Waals surface area (Å²) in [6.45, 7) is 4.11. The Morgan fingerprint density at radius 3 is 2.96 bits per heavy atom. The van der Waals surface area contributed by atoms with E-state index in [0.29, 0.717) is 17.0 Å². The number of hydrogen-bond acceptors (Lipinski definition) is 6. The molecule has 26 heavy (non-hydrogen) atoms. The maximum absolute atomic E-state index is 13.6. The molecule has 4 saturated heterocycles. The molecule has 7 N–H and O–H groups in total. The number of likely N-dealkylation sites (N-methyl/N-ethyl adjacent to an activating group) is 1. The van der Waals surface area contributed by atoms with Crippen molar-refractivity contribution in [1.29, 1.82) is 0 Å². The number of piperidine rings is 1. The van der Waals surface area contributed by atoms with E-state index in [9.17, 15) is 9.18 Å². The van der Waals surface area contributed by atoms with Gasteiger partial charge in [0.1, 0.15) is 18.6 Å². The Bertz CT molecular complexity index is 524. The molecule has 4 aliphatic rings. The SMILES string of the molecule is CN1CNCC1C1CCNCC1NC(=O)C1C(N)[N-][NH+]2CC(F)CNC12. The quantitative estimate of drug-likeness (QED) is 0.305. The maximum atomic E-state index is 13.6. The molecule has 4 heterocycles. The molecule has 0 bridgehead atoms. The van der Waals surface area contributed by atoms with Crippen LogP contribution >= 0.6 is 0 Å². The number of carbonyl (C=O) groups is 1. The number of quaternary nitrogens is 1. The van der Waals surface area contributed by atoms with Gasteiger partial charge in [0.25, 0.3) is 0 Å². The van der Waals surface area contributed by atoms with Gasteiger partial charge in [0.05, 0.1) is 0 Å². The number of nitrogens with one attached hydrogen (secondary N) is 5. The van der Waals surface area contributed by atoms with Crippen molar-refractivity contribution < 1.29 is 14.2 Å². The van der Waals surface area contributed by atoms with E-state index in [4.69, 9.17) is 5.73 Å². The Morgan fingerprint density at radius 1 is 1.35 bits per heavy atom. The van der Waals surface area contributed by atoms with E-state index in [1.54, 1.807) is 0 Å². The highest BCUT2D eigenvalue weighted by molar-refractivity contribution is 5.81. The highest BCUT2D eigenvalue weighted by Crippen LogP contribution is 2.24. The van der Waals surface area contributed by atoms with Gasteiger partial charge in [-0.25, -0.2) is 4.39 Å². The van der Waals surface area contributed by atoms with Crippen molar-refractivity contribution in [2.75, 3.05) is 46.4 Å². The summed E-state index contributed by atoms with van der Waals surface area (Å²) in [5, 5.41) is 13.9. The molecule has 1 amide bonds. The first-order valence-electron chi connectivity index (χ1n) is 9.66. The zero-order valence-corrected chi connectivity index (χ0v) is 15.2. The predicted molar refractivity (Wildman–Crippen MR) is 94.7 cm³/mol. The van der Waals surface area contributed by atoms with Crippen molar-refractivity contribution in [3.05, 3.63) is 5.43 Å². The molecular formula is C16H31FN8O. The van der Waals surface area contributed by atoms with Gasteiger partial charge in [-0.1, -0.05) is 0 Å². The molecule has 0 radical (unpaired) electrons. The Labute approximate surface area is 153 Å². The lowest BCUT2D eigenvalue weighted by Crippen LogP contribution is -3.15. The standard InChI is InChI=1S/C16H31FN8O/c1-24-8-20-6-12(24)10-2-3-19-5-11(10)22-16(26)13-14(18)23-25-7-9(17)4-21-15(13)25/h9-15,19-21,25H,2-8,18H2,1H3,(H,22,26). The summed E-state index contributed by atoms with van der Waals surface area (Å²) in [5.41, 5.74) is 10.5. The fourth-order valence-corrected chi connectivity index (χ4v) is 4.96. The molecule has 0 aromatic heterocycles. The van der Waals surface area contributed by atoms with Crippen LogP contribution in [0.15, 0.2) is 0 Å². The number of alkyl halides is 1. The molecule has 4 aliphatic heterocycles. The summed E-state index contributed by atoms with van der Waals surface area (Å²) >= 11 is 0. The van der Waals surface area contributed by atoms with Gasteiger partial charge in [-0.2, -0.15) is 0 Å². The number of carbonyl (C=O) groups excluding carboxylic acids is 1. The Hall–Kier alpha value is -0.880. The average molecular weight is 370 g/mol. The number of hydrogen-bond donors (Lipinski definition) is 6. The molecule has 0 spiro atoms. The minimum atomic E-state index is -0.948. The number of fused-ring (bicyclic) bond motifs is 1. The van der Waals surface area contributed by atoms with Crippen molar-refractivity contribution >= 4 is 5.91 Å². The van der Waals surface area contributed by atoms with Crippen LogP contribution in [0.4, 0.5) is 4.39 Å². The zero-order valence-electron chi connectivity index (χ0n) is 15.2. The number of amides is 1. The molecule has 4 fully saturated rings. The number of rotatable bonds is 3. The fraction of sp³-hybridized carbons (Fsp3) is 0.938. The van der Waals surface area contributed by atoms with Crippen molar-refractivity contribution in [1.82, 2.24) is 26.2 Å². The first-order valence-corrected chi connectivity index (χ1v) is 9.66. The Balaban J connectivity index is 1.42. The van der Waals surface area contributed by atoms with Gasteiger partial charge in [-0.05, 0) is 32.1 Å². The van der Waals surface area contributed by atoms with Gasteiger partial charge in [0.2, 0.25) is 5.91 Å². The topological polar surface area (TPSA) is 113 Å². The maximum Gasteiger partial charge on any atom is 0.230 e. The third-order valence-electron chi connectivity index (χ3n) is 6.33. The van der Waals surface area contributed by atoms with Crippen LogP contribution in [-0.4, -0.2) is 87.8 Å². The van der Waals surface area contributed by atoms with Crippen molar-refractivity contribution in [3.8, 4) is 0 Å². The van der Waals surface area contributed by atoms with E-state index < -0.39 is 18.3 Å². The van der Waals surface area contributed by atoms with Crippen LogP contribution in [-0.2, 0) is 4.79 Å². The molecule has 8 unspecified atom stereocenters. The van der Waals surface area contributed by atoms with E-state index >= 15 is 0 Å². The number of halogens is 1. The van der Waals surface area contributed by atoms with Crippen molar-refractivity contribution in [2.45, 2.75) is 37.0 Å². The molecule has 8 atom stereocenters. The van der Waals surface area contributed by atoms with E-state index in [-0.39, 0.29) is 31.2 Å². The van der Waals surface area contributed by atoms with Gasteiger partial charge < -0.3 is 32.1 Å². The van der Waals surface area contributed by atoms with Gasteiger partial charge in [-0.3, -0.25) is 15.0 Å². The molecule has 9 nitrogen and oxygen atoms in total. The summed E-state index contributed by atoms with van der Waals surface area (Å²) in [6, 6.07) is 0.490. The minimum absolute atomic E-state index is 0.0670. The Kier molecular flexibility index (Phi) is 5.42. The first kappa shape index (κ1) is 18.5. The highest BCUT2D eigenvalue weighted by atomic mass is 19.1. The van der Waals surface area contributed by atoms with Crippen LogP contribution in [0, 0.1) is 11.8 Å². The molecule has 0 saturated carbocycles. The average Bonchev–Trinajstić information content (AvgIpc) is 3.17. The second-order valence-electron chi connectivity index (χ2n) is 8.03. The first-order chi connectivity index (χ1) is 12.5. The van der Waals surface area contributed by atoms with Crippen LogP contribution in [0.1, 0.15) is 6.42 Å². The monoisotopic (exact) mass is 370 g/mol. The summed E-state index contributed by atoms with van der Waals surface area (Å²) < 4.78 is 13.6. The zero-order chi connectivity index (χ0) is 18.3. The molecule has 0 aromatic carbocycles. The van der Waals surface area contributed by atoms with E-state index in [2.05, 4.69) is 38.6 Å². The van der Waals surface area contributed by atoms with Gasteiger partial charge in [-0.15, -0.1) is 0 Å². The molecule has 0 aliphatic carbocycles. The normalized spacial score (nSPS) is 46.9. The molecule has 148 valence electrons. The third-order valence-corrected chi connectivity index (χ3v) is 6.33. The minimum Gasteiger partial charge on any atom is -0.436 e. The van der Waals surface area contributed by atoms with Gasteiger partial charge >= 0.3 is 0 Å². The summed E-state index contributed by atoms with van der Waals surface area (Å²) in [4.78, 5) is 15.4. The van der Waals surface area contributed by atoms with Gasteiger partial charge in [0, 0.05) is 38.4 Å². The number of nitrogens with zero attached hydrogens (tertiary/aromatic N) is 2. The molecule has 0 aromatic rings. The lowest BCUT2D eigenvalue weighted by Gasteiger charge is -2.40. The summed E-state index contributed by atoms with van der Waals surface area (Å²) in [6.07, 6.45) is -0.747. The smallest absolute Gasteiger partial charge is 0.230 e. The largest absolute Gasteiger partial charge is 0.436 e. The van der Waals surface area contributed by atoms with Crippen LogP contribution in [0.3, 0.4) is 0 Å². The second kappa shape index (κ2) is 7.63. The lowest BCUT2D eigenvalue weighted by molar-refractivity contribution is -0.891. The van der Waals surface area contributed by atoms with Crippen LogP contribution in [0.25, 0.3) is 5.43 Å². The summed E-state index contributed by atoms with van der Waals surface area (Å²) in [5.74, 6) is -0.134. The van der Waals surface area contributed by atoms with Crippen molar-refractivity contribution in [2.24, 2.45) is 17.6 Å². The molecule has 10 heteroatoms. The second-order valence-corrected chi connectivity index (χ2v) is 8.03. The number of nitrogens with two attached hydrogens (primary N) is 1. The Morgan fingerprint density at radius 2 is 2.19 bits per heavy atom. The van der Waals surface area contributed by atoms with Crippen LogP contribution < -0.4 is 32.0 Å². The molecular weight excluding hydrogens is 339 g/mol. The van der Waals surface area contributed by atoms with Gasteiger partial charge in [0.15, 0.2) is 6.17 Å². The van der Waals surface area contributed by atoms with Crippen LogP contribution in [0.5, 0.6) is 0 Å². The third kappa shape index (κ3) is 3.47. The lowest BCUT2D eigenvalue weighted by atomic mass is 9.85. The molecule has 4 rings (SSSR count).